The first kappa shape index (κ1) is 29.4. The maximum atomic E-state index is 13.1. The van der Waals surface area contributed by atoms with Crippen LogP contribution >= 0.6 is 12.2 Å². The Labute approximate surface area is 243 Å². The molecule has 10 heteroatoms. The van der Waals surface area contributed by atoms with Crippen LogP contribution in [0.1, 0.15) is 33.7 Å². The number of carbonyl (C=O) groups is 2. The molecule has 2 aromatic carbocycles. The van der Waals surface area contributed by atoms with Gasteiger partial charge in [0, 0.05) is 40.6 Å². The number of carbonyl (C=O) groups excluding carboxylic acids is 2. The van der Waals surface area contributed by atoms with E-state index in [4.69, 9.17) is 21.7 Å². The number of thiocarbonyl (C=S) groups is 1. The molecule has 2 amide bonds. The minimum Gasteiger partial charge on any atom is -0.505 e. The first-order valence-electron chi connectivity index (χ1n) is 13.1. The molecule has 0 bridgehead atoms. The molecule has 0 saturated carbocycles. The van der Waals surface area contributed by atoms with Gasteiger partial charge < -0.3 is 30.6 Å². The number of nitrogens with one attached hydrogen (secondary N) is 3. The second-order valence-corrected chi connectivity index (χ2v) is 9.70. The molecule has 5 N–H and O–H groups in total. The third-order valence-electron chi connectivity index (χ3n) is 6.25. The van der Waals surface area contributed by atoms with E-state index in [0.717, 1.165) is 12.0 Å². The quantitative estimate of drug-likeness (QED) is 0.108. The fourth-order valence-electron chi connectivity index (χ4n) is 4.10. The van der Waals surface area contributed by atoms with E-state index >= 15 is 0 Å². The van der Waals surface area contributed by atoms with E-state index < -0.39 is 11.8 Å². The van der Waals surface area contributed by atoms with Gasteiger partial charge in [-0.25, -0.2) is 0 Å². The number of hydrogen-bond donors (Lipinski definition) is 5. The highest BCUT2D eigenvalue weighted by atomic mass is 32.1. The lowest BCUT2D eigenvalue weighted by Gasteiger charge is -2.16. The van der Waals surface area contributed by atoms with Crippen LogP contribution in [0.25, 0.3) is 0 Å². The lowest BCUT2D eigenvalue weighted by atomic mass is 9.97. The summed E-state index contributed by atoms with van der Waals surface area (Å²) in [4.78, 5) is 30.0. The van der Waals surface area contributed by atoms with Crippen LogP contribution in [-0.2, 0) is 11.2 Å². The molecule has 3 aromatic rings. The monoisotopic (exact) mass is 570 g/mol. The summed E-state index contributed by atoms with van der Waals surface area (Å²) in [6, 6.07) is 13.9. The molecule has 1 aromatic heterocycles. The van der Waals surface area contributed by atoms with Gasteiger partial charge in [-0.1, -0.05) is 42.3 Å². The Morgan fingerprint density at radius 3 is 2.71 bits per heavy atom. The van der Waals surface area contributed by atoms with Gasteiger partial charge in [0.2, 0.25) is 0 Å². The summed E-state index contributed by atoms with van der Waals surface area (Å²) in [5.41, 5.74) is 3.11. The van der Waals surface area contributed by atoms with Crippen molar-refractivity contribution in [2.24, 2.45) is 10.9 Å². The van der Waals surface area contributed by atoms with E-state index in [1.54, 1.807) is 61.7 Å². The van der Waals surface area contributed by atoms with Crippen molar-refractivity contribution in [3.05, 3.63) is 89.0 Å². The molecule has 210 valence electrons. The predicted octanol–water partition coefficient (Wildman–Crippen LogP) is 4.01. The average Bonchev–Trinajstić information content (AvgIpc) is 3.40. The molecule has 0 spiro atoms. The van der Waals surface area contributed by atoms with Crippen molar-refractivity contribution in [2.45, 2.75) is 19.8 Å². The Morgan fingerprint density at radius 2 is 1.93 bits per heavy atom. The van der Waals surface area contributed by atoms with Gasteiger partial charge in [-0.15, -0.1) is 0 Å². The first-order valence-corrected chi connectivity index (χ1v) is 13.5. The van der Waals surface area contributed by atoms with E-state index in [9.17, 15) is 14.7 Å². The molecule has 1 aliphatic rings. The summed E-state index contributed by atoms with van der Waals surface area (Å²) in [5.74, 6) is 4.91. The minimum absolute atomic E-state index is 0.000593. The van der Waals surface area contributed by atoms with Crippen molar-refractivity contribution < 1.29 is 24.2 Å². The van der Waals surface area contributed by atoms with Crippen molar-refractivity contribution in [2.75, 3.05) is 30.3 Å². The number of para-hydroxylation sites is 1. The summed E-state index contributed by atoms with van der Waals surface area (Å²) in [5, 5.41) is 28.2. The average molecular weight is 571 g/mol. The molecule has 1 aliphatic heterocycles. The smallest absolute Gasteiger partial charge is 0.291 e. The van der Waals surface area contributed by atoms with Crippen molar-refractivity contribution in [1.29, 1.82) is 0 Å². The number of aliphatic hydroxyl groups excluding tert-OH is 1. The summed E-state index contributed by atoms with van der Waals surface area (Å²) in [6.45, 7) is 3.07. The van der Waals surface area contributed by atoms with Crippen LogP contribution in [0.15, 0.2) is 76.0 Å². The molecule has 0 saturated heterocycles. The van der Waals surface area contributed by atoms with Gasteiger partial charge in [0.25, 0.3) is 11.8 Å². The number of aliphatic hydroxyl groups is 1. The number of nitrogens with zero attached hydrogens (tertiary/aromatic N) is 1. The van der Waals surface area contributed by atoms with Gasteiger partial charge in [0.15, 0.2) is 5.76 Å². The number of furan rings is 1. The van der Waals surface area contributed by atoms with Gasteiger partial charge in [-0.2, -0.15) is 0 Å². The molecule has 0 radical (unpaired) electrons. The van der Waals surface area contributed by atoms with Gasteiger partial charge in [-0.3, -0.25) is 14.6 Å². The standard InChI is InChI=1S/C31H30N4O5S/c1-20-12-16-40-28(20)31(39)34-24-8-2-5-21(17-24)10-11-23-18-33-19-25(29(23)41)30(38)35-26-9-3-6-22(27(26)37)7-4-13-32-14-15-36/h2-3,5-6,8-9,12,16-19,23,32,36-37H,4,7,13-15H2,1H3,(H,34,39)(H,35,38)/t23-/m0/s1. The Kier molecular flexibility index (Phi) is 10.2. The summed E-state index contributed by atoms with van der Waals surface area (Å²) >= 11 is 5.57. The number of rotatable bonds is 10. The van der Waals surface area contributed by atoms with Crippen molar-refractivity contribution >= 4 is 46.5 Å². The van der Waals surface area contributed by atoms with E-state index in [1.807, 2.05) is 0 Å². The van der Waals surface area contributed by atoms with Crippen LogP contribution in [0.3, 0.4) is 0 Å². The number of benzene rings is 2. The summed E-state index contributed by atoms with van der Waals surface area (Å²) in [7, 11) is 0. The van der Waals surface area contributed by atoms with Crippen LogP contribution in [-0.4, -0.2) is 52.8 Å². The van der Waals surface area contributed by atoms with E-state index in [2.05, 4.69) is 32.8 Å². The number of aryl methyl sites for hydroxylation is 2. The molecule has 0 unspecified atom stereocenters. The van der Waals surface area contributed by atoms with E-state index in [1.165, 1.54) is 12.5 Å². The lowest BCUT2D eigenvalue weighted by Crippen LogP contribution is -2.26. The normalized spacial score (nSPS) is 14.1. The number of amides is 2. The summed E-state index contributed by atoms with van der Waals surface area (Å²) < 4.78 is 5.24. The number of aromatic hydroxyl groups is 1. The van der Waals surface area contributed by atoms with Gasteiger partial charge in [0.1, 0.15) is 5.75 Å². The number of phenols is 1. The molecular weight excluding hydrogens is 540 g/mol. The second-order valence-electron chi connectivity index (χ2n) is 9.26. The SMILES string of the molecule is Cc1ccoc1C(=O)Nc1cccc(C#C[C@H]2C=NC=C(C(=O)Nc3cccc(CCCNCCO)c3O)C2=S)c1. The Bertz CT molecular complexity index is 1560. The predicted molar refractivity (Wildman–Crippen MR) is 162 cm³/mol. The van der Waals surface area contributed by atoms with Crippen LogP contribution in [0.2, 0.25) is 0 Å². The minimum atomic E-state index is -0.578. The van der Waals surface area contributed by atoms with Crippen molar-refractivity contribution in [3.63, 3.8) is 0 Å². The van der Waals surface area contributed by atoms with E-state index in [0.29, 0.717) is 41.2 Å². The largest absolute Gasteiger partial charge is 0.505 e. The summed E-state index contributed by atoms with van der Waals surface area (Å²) in [6.07, 6.45) is 5.78. The third-order valence-corrected chi connectivity index (χ3v) is 6.72. The topological polar surface area (TPSA) is 136 Å². The third kappa shape index (κ3) is 7.77. The van der Waals surface area contributed by atoms with Crippen LogP contribution in [0.4, 0.5) is 11.4 Å². The molecular formula is C31H30N4O5S. The Hall–Kier alpha value is -4.56. The molecule has 0 fully saturated rings. The van der Waals surface area contributed by atoms with Gasteiger partial charge >= 0.3 is 0 Å². The zero-order chi connectivity index (χ0) is 29.2. The number of anilines is 2. The maximum absolute atomic E-state index is 13.1. The van der Waals surface area contributed by atoms with Crippen LogP contribution < -0.4 is 16.0 Å². The fraction of sp³-hybridized carbons (Fsp3) is 0.226. The zero-order valence-electron chi connectivity index (χ0n) is 22.4. The van der Waals surface area contributed by atoms with Gasteiger partial charge in [-0.05, 0) is 62.2 Å². The first-order chi connectivity index (χ1) is 19.9. The number of hydrogen-bond acceptors (Lipinski definition) is 8. The molecule has 2 heterocycles. The fourth-order valence-corrected chi connectivity index (χ4v) is 4.36. The molecule has 0 aliphatic carbocycles. The highest BCUT2D eigenvalue weighted by Crippen LogP contribution is 2.29. The zero-order valence-corrected chi connectivity index (χ0v) is 23.3. The molecule has 4 rings (SSSR count). The van der Waals surface area contributed by atoms with Crippen molar-refractivity contribution in [1.82, 2.24) is 5.32 Å². The highest BCUT2D eigenvalue weighted by Gasteiger charge is 2.24. The van der Waals surface area contributed by atoms with Crippen LogP contribution in [0.5, 0.6) is 5.75 Å². The Morgan fingerprint density at radius 1 is 1.10 bits per heavy atom. The van der Waals surface area contributed by atoms with Gasteiger partial charge in [0.05, 0.1) is 30.0 Å². The Balaban J connectivity index is 1.39. The lowest BCUT2D eigenvalue weighted by molar-refractivity contribution is -0.112. The molecule has 9 nitrogen and oxygen atoms in total. The molecule has 41 heavy (non-hydrogen) atoms. The van der Waals surface area contributed by atoms with Crippen LogP contribution in [0, 0.1) is 24.7 Å². The number of phenolic OH excluding ortho intramolecular Hbond substituents is 1. The molecule has 1 atom stereocenters. The van der Waals surface area contributed by atoms with E-state index in [-0.39, 0.29) is 35.3 Å². The second kappa shape index (κ2) is 14.2. The van der Waals surface area contributed by atoms with Crippen molar-refractivity contribution in [3.8, 4) is 17.6 Å². The maximum Gasteiger partial charge on any atom is 0.291 e. The number of aliphatic imine (C=N–C) groups is 1. The highest BCUT2D eigenvalue weighted by molar-refractivity contribution is 7.81.